The number of hydrogen-bond acceptors (Lipinski definition) is 8. The lowest BCUT2D eigenvalue weighted by Crippen LogP contribution is -2.43. The number of anilines is 3. The van der Waals surface area contributed by atoms with Gasteiger partial charge in [0.2, 0.25) is 10.0 Å². The highest BCUT2D eigenvalue weighted by molar-refractivity contribution is 7.97. The molecule has 1 amide bonds. The molecule has 1 fully saturated rings. The monoisotopic (exact) mass is 563 g/mol. The molecule has 3 heterocycles. The minimum atomic E-state index is -3.49. The summed E-state index contributed by atoms with van der Waals surface area (Å²) in [7, 11) is -2.02. The molecule has 3 aromatic rings. The molecular formula is C24H26ClN5O3S3. The van der Waals surface area contributed by atoms with Crippen molar-refractivity contribution >= 4 is 67.3 Å². The number of carbonyl (C=O) groups excluding carboxylic acids is 1. The first kappa shape index (κ1) is 25.3. The van der Waals surface area contributed by atoms with Crippen LogP contribution in [-0.2, 0) is 16.4 Å². The largest absolute Gasteiger partial charge is 0.345 e. The van der Waals surface area contributed by atoms with Crippen LogP contribution in [-0.4, -0.2) is 69.6 Å². The maximum Gasteiger partial charge on any atom is 0.260 e. The summed E-state index contributed by atoms with van der Waals surface area (Å²) in [5, 5.41) is 3.37. The van der Waals surface area contributed by atoms with E-state index in [1.165, 1.54) is 7.05 Å². The molecule has 0 spiro atoms. The van der Waals surface area contributed by atoms with E-state index in [0.717, 1.165) is 64.4 Å². The number of halogens is 1. The first-order chi connectivity index (χ1) is 17.2. The third-order valence-corrected chi connectivity index (χ3v) is 9.87. The molecule has 1 saturated heterocycles. The summed E-state index contributed by atoms with van der Waals surface area (Å²) in [6.45, 7) is 4.17. The number of carbonyl (C=O) groups is 1. The summed E-state index contributed by atoms with van der Waals surface area (Å²) < 4.78 is 27.7. The van der Waals surface area contributed by atoms with Crippen molar-refractivity contribution in [3.05, 3.63) is 64.1 Å². The third-order valence-electron chi connectivity index (χ3n) is 6.37. The summed E-state index contributed by atoms with van der Waals surface area (Å²) in [5.74, 6) is -0.196. The van der Waals surface area contributed by atoms with E-state index in [1.54, 1.807) is 52.5 Å². The Bertz CT molecular complexity index is 1390. The molecule has 190 valence electrons. The Hall–Kier alpha value is -2.31. The molecule has 5 rings (SSSR count). The molecule has 8 nitrogen and oxygen atoms in total. The number of rotatable bonds is 6. The standard InChI is InChI=1S/C24H26ClN5O3S3/c1-27(36(2,32)33)21-6-4-3-5-19(21)23(31)30-10-9-17-15-18(7-8-20(17)30)35-29-13-11-28(12-14-29)24-26-22(25)16-34-24/h3-8,15-16H,9-14H2,1-2H3. The Labute approximate surface area is 224 Å². The van der Waals surface area contributed by atoms with E-state index in [9.17, 15) is 13.2 Å². The molecule has 0 bridgehead atoms. The number of nitrogens with zero attached hydrogens (tertiary/aromatic N) is 5. The number of hydrogen-bond donors (Lipinski definition) is 0. The van der Waals surface area contributed by atoms with Crippen LogP contribution in [0, 0.1) is 0 Å². The normalized spacial score (nSPS) is 16.3. The zero-order valence-corrected chi connectivity index (χ0v) is 23.1. The van der Waals surface area contributed by atoms with Crippen LogP contribution in [0.5, 0.6) is 0 Å². The summed E-state index contributed by atoms with van der Waals surface area (Å²) in [6.07, 6.45) is 1.89. The Morgan fingerprint density at radius 3 is 2.56 bits per heavy atom. The molecule has 0 saturated carbocycles. The molecule has 0 N–H and O–H groups in total. The van der Waals surface area contributed by atoms with Crippen LogP contribution in [0.2, 0.25) is 5.15 Å². The van der Waals surface area contributed by atoms with E-state index in [1.807, 2.05) is 11.4 Å². The predicted octanol–water partition coefficient (Wildman–Crippen LogP) is 4.22. The average Bonchev–Trinajstić information content (AvgIpc) is 3.49. The molecule has 1 aromatic heterocycles. The Morgan fingerprint density at radius 1 is 1.11 bits per heavy atom. The zero-order chi connectivity index (χ0) is 25.4. The lowest BCUT2D eigenvalue weighted by molar-refractivity contribution is 0.0990. The van der Waals surface area contributed by atoms with Crippen LogP contribution in [0.25, 0.3) is 0 Å². The number of amides is 1. The summed E-state index contributed by atoms with van der Waals surface area (Å²) in [5.41, 5.74) is 2.76. The van der Waals surface area contributed by atoms with Gasteiger partial charge in [0, 0.05) is 55.7 Å². The Balaban J connectivity index is 1.27. The topological polar surface area (TPSA) is 77.1 Å². The van der Waals surface area contributed by atoms with Crippen LogP contribution in [0.3, 0.4) is 0 Å². The van der Waals surface area contributed by atoms with Gasteiger partial charge in [-0.2, -0.15) is 0 Å². The van der Waals surface area contributed by atoms with Gasteiger partial charge in [0.15, 0.2) is 5.13 Å². The van der Waals surface area contributed by atoms with Gasteiger partial charge in [0.25, 0.3) is 5.91 Å². The van der Waals surface area contributed by atoms with E-state index in [0.29, 0.717) is 22.9 Å². The fourth-order valence-electron chi connectivity index (χ4n) is 4.41. The van der Waals surface area contributed by atoms with Crippen LogP contribution in [0.1, 0.15) is 15.9 Å². The molecule has 12 heteroatoms. The van der Waals surface area contributed by atoms with Gasteiger partial charge < -0.3 is 9.80 Å². The predicted molar refractivity (Wildman–Crippen MR) is 148 cm³/mol. The second-order valence-corrected chi connectivity index (χ2v) is 13.1. The second-order valence-electron chi connectivity index (χ2n) is 8.71. The van der Waals surface area contributed by atoms with Crippen LogP contribution in [0.4, 0.5) is 16.5 Å². The average molecular weight is 564 g/mol. The molecule has 2 aromatic carbocycles. The van der Waals surface area contributed by atoms with E-state index < -0.39 is 10.0 Å². The smallest absolute Gasteiger partial charge is 0.260 e. The highest BCUT2D eigenvalue weighted by Gasteiger charge is 2.29. The fraction of sp³-hybridized carbons (Fsp3) is 0.333. The molecule has 0 unspecified atom stereocenters. The number of para-hydroxylation sites is 1. The van der Waals surface area contributed by atoms with Crippen molar-refractivity contribution in [2.24, 2.45) is 0 Å². The van der Waals surface area contributed by atoms with E-state index >= 15 is 0 Å². The van der Waals surface area contributed by atoms with E-state index in [-0.39, 0.29) is 5.91 Å². The number of thiazole rings is 1. The first-order valence-electron chi connectivity index (χ1n) is 11.5. The van der Waals surface area contributed by atoms with Gasteiger partial charge in [-0.1, -0.05) is 23.7 Å². The maximum atomic E-state index is 13.5. The number of sulfonamides is 1. The highest BCUT2D eigenvalue weighted by Crippen LogP contribution is 2.36. The van der Waals surface area contributed by atoms with Gasteiger partial charge in [0.05, 0.1) is 17.5 Å². The maximum absolute atomic E-state index is 13.5. The second kappa shape index (κ2) is 10.2. The zero-order valence-electron chi connectivity index (χ0n) is 19.9. The third kappa shape index (κ3) is 5.21. The van der Waals surface area contributed by atoms with E-state index in [4.69, 9.17) is 11.6 Å². The van der Waals surface area contributed by atoms with Crippen molar-refractivity contribution in [3.8, 4) is 0 Å². The molecule has 0 radical (unpaired) electrons. The molecule has 36 heavy (non-hydrogen) atoms. The van der Waals surface area contributed by atoms with Crippen molar-refractivity contribution in [1.29, 1.82) is 0 Å². The first-order valence-corrected chi connectivity index (χ1v) is 15.4. The number of piperazine rings is 1. The minimum Gasteiger partial charge on any atom is -0.345 e. The van der Waals surface area contributed by atoms with Gasteiger partial charge in [-0.3, -0.25) is 9.10 Å². The molecule has 0 aliphatic carbocycles. The van der Waals surface area contributed by atoms with Crippen LogP contribution in [0.15, 0.2) is 52.7 Å². The fourth-order valence-corrected chi connectivity index (χ4v) is 6.90. The van der Waals surface area contributed by atoms with Crippen molar-refractivity contribution in [1.82, 2.24) is 9.29 Å². The SMILES string of the molecule is CN(c1ccccc1C(=O)N1CCc2cc(SN3CCN(c4nc(Cl)cs4)CC3)ccc21)S(C)(=O)=O. The lowest BCUT2D eigenvalue weighted by atomic mass is 10.1. The van der Waals surface area contributed by atoms with Gasteiger partial charge in [-0.05, 0) is 54.3 Å². The number of fused-ring (bicyclic) bond motifs is 1. The van der Waals surface area contributed by atoms with Crippen LogP contribution < -0.4 is 14.1 Å². The van der Waals surface area contributed by atoms with Gasteiger partial charge in [-0.15, -0.1) is 11.3 Å². The lowest BCUT2D eigenvalue weighted by Gasteiger charge is -2.33. The van der Waals surface area contributed by atoms with Crippen molar-refractivity contribution in [2.45, 2.75) is 11.3 Å². The highest BCUT2D eigenvalue weighted by atomic mass is 35.5. The van der Waals surface area contributed by atoms with Crippen molar-refractivity contribution in [3.63, 3.8) is 0 Å². The number of aromatic nitrogens is 1. The molecule has 0 atom stereocenters. The van der Waals surface area contributed by atoms with Crippen molar-refractivity contribution in [2.75, 3.05) is 60.1 Å². The van der Waals surface area contributed by atoms with Crippen LogP contribution >= 0.6 is 34.9 Å². The van der Waals surface area contributed by atoms with Crippen molar-refractivity contribution < 1.29 is 13.2 Å². The summed E-state index contributed by atoms with van der Waals surface area (Å²) in [4.78, 5) is 23.0. The summed E-state index contributed by atoms with van der Waals surface area (Å²) in [6, 6.07) is 13.0. The van der Waals surface area contributed by atoms with Gasteiger partial charge in [0.1, 0.15) is 5.15 Å². The summed E-state index contributed by atoms with van der Waals surface area (Å²) >= 11 is 9.28. The van der Waals surface area contributed by atoms with E-state index in [2.05, 4.69) is 26.3 Å². The quantitative estimate of drug-likeness (QED) is 0.415. The Kier molecular flexibility index (Phi) is 7.19. The minimum absolute atomic E-state index is 0.196. The molecule has 2 aliphatic rings. The Morgan fingerprint density at radius 2 is 1.86 bits per heavy atom. The molecule has 2 aliphatic heterocycles. The number of benzene rings is 2. The van der Waals surface area contributed by atoms with Gasteiger partial charge >= 0.3 is 0 Å². The van der Waals surface area contributed by atoms with Gasteiger partial charge in [-0.25, -0.2) is 17.7 Å². The molecular weight excluding hydrogens is 538 g/mol.